The molecule has 124 valence electrons. The third kappa shape index (κ3) is 3.34. The zero-order chi connectivity index (χ0) is 16.8. The van der Waals surface area contributed by atoms with Gasteiger partial charge in [-0.25, -0.2) is 18.0 Å². The molecule has 0 aromatic heterocycles. The summed E-state index contributed by atoms with van der Waals surface area (Å²) in [6, 6.07) is 0. The van der Waals surface area contributed by atoms with Gasteiger partial charge in [0, 0.05) is 9.81 Å². The molecule has 6 nitrogen and oxygen atoms in total. The Kier molecular flexibility index (Phi) is 4.85. The van der Waals surface area contributed by atoms with E-state index in [0.717, 1.165) is 41.8 Å². The summed E-state index contributed by atoms with van der Waals surface area (Å²) in [4.78, 5) is 25.8. The van der Waals surface area contributed by atoms with Gasteiger partial charge in [0.15, 0.2) is 9.84 Å². The predicted molar refractivity (Wildman–Crippen MR) is 94.1 cm³/mol. The number of hydrogen-bond acceptors (Lipinski definition) is 10. The lowest BCUT2D eigenvalue weighted by atomic mass is 10.5. The summed E-state index contributed by atoms with van der Waals surface area (Å²) in [5.74, 6) is -1.05. The maximum absolute atomic E-state index is 11.8. The van der Waals surface area contributed by atoms with Gasteiger partial charge >= 0.3 is 11.9 Å². The first-order valence-electron chi connectivity index (χ1n) is 6.13. The number of hydrogen-bond donors (Lipinski definition) is 0. The third-order valence-corrected chi connectivity index (χ3v) is 10.5. The highest BCUT2D eigenvalue weighted by Gasteiger charge is 2.39. The molecule has 0 bridgehead atoms. The van der Waals surface area contributed by atoms with Gasteiger partial charge in [-0.05, 0) is 0 Å². The Morgan fingerprint density at radius 2 is 1.22 bits per heavy atom. The SMILES string of the molecule is COC(=O)C1=C(C(=O)OC)SC(=C2SC3=C(CS(=O)(=O)C3)S2)S1. The maximum Gasteiger partial charge on any atom is 0.346 e. The van der Waals surface area contributed by atoms with Crippen LogP contribution >= 0.6 is 47.0 Å². The van der Waals surface area contributed by atoms with E-state index in [1.807, 2.05) is 0 Å². The summed E-state index contributed by atoms with van der Waals surface area (Å²) in [6.45, 7) is 0. The van der Waals surface area contributed by atoms with E-state index >= 15 is 0 Å². The Bertz CT molecular complexity index is 748. The Labute approximate surface area is 149 Å². The van der Waals surface area contributed by atoms with Crippen LogP contribution in [-0.4, -0.2) is 46.1 Å². The van der Waals surface area contributed by atoms with E-state index in [-0.39, 0.29) is 21.3 Å². The molecule has 0 spiro atoms. The molecule has 23 heavy (non-hydrogen) atoms. The van der Waals surface area contributed by atoms with Crippen molar-refractivity contribution in [1.82, 2.24) is 0 Å². The van der Waals surface area contributed by atoms with Gasteiger partial charge in [-0.1, -0.05) is 47.0 Å². The Hall–Kier alpha value is -0.490. The molecule has 3 aliphatic heterocycles. The number of methoxy groups -OCH3 is 2. The normalized spacial score (nSPS) is 22.7. The van der Waals surface area contributed by atoms with Crippen LogP contribution in [0.15, 0.2) is 28.1 Å². The monoisotopic (exact) mass is 410 g/mol. The molecule has 0 saturated heterocycles. The summed E-state index contributed by atoms with van der Waals surface area (Å²) in [5, 5.41) is 0. The molecule has 0 radical (unpaired) electrons. The van der Waals surface area contributed by atoms with Crippen LogP contribution in [-0.2, 0) is 28.9 Å². The van der Waals surface area contributed by atoms with Gasteiger partial charge < -0.3 is 9.47 Å². The van der Waals surface area contributed by atoms with Crippen LogP contribution in [0.4, 0.5) is 0 Å². The maximum atomic E-state index is 11.8. The number of carbonyl (C=O) groups excluding carboxylic acids is 2. The molecule has 0 aliphatic carbocycles. The van der Waals surface area contributed by atoms with E-state index in [9.17, 15) is 18.0 Å². The van der Waals surface area contributed by atoms with Gasteiger partial charge in [-0.3, -0.25) is 0 Å². The van der Waals surface area contributed by atoms with Crippen molar-refractivity contribution in [2.45, 2.75) is 0 Å². The van der Waals surface area contributed by atoms with Crippen LogP contribution in [0.3, 0.4) is 0 Å². The first-order valence-corrected chi connectivity index (χ1v) is 11.2. The van der Waals surface area contributed by atoms with Gasteiger partial charge in [0.05, 0.1) is 34.2 Å². The molecule has 0 unspecified atom stereocenters. The number of esters is 2. The molecule has 0 fully saturated rings. The second-order valence-electron chi connectivity index (χ2n) is 4.50. The van der Waals surface area contributed by atoms with Crippen molar-refractivity contribution in [2.24, 2.45) is 0 Å². The molecule has 3 heterocycles. The largest absolute Gasteiger partial charge is 0.465 e. The van der Waals surface area contributed by atoms with Gasteiger partial charge in [0.25, 0.3) is 0 Å². The van der Waals surface area contributed by atoms with Crippen LogP contribution in [0, 0.1) is 0 Å². The highest BCUT2D eigenvalue weighted by atomic mass is 32.2. The standard InChI is InChI=1S/C12H10O6S5/c1-17-9(13)7-8(10(14)18-2)22-12(21-7)11-19-5-3-23(15,16)4-6(5)20-11/h3-4H2,1-2H3. The van der Waals surface area contributed by atoms with E-state index in [1.165, 1.54) is 37.7 Å². The molecule has 0 aromatic carbocycles. The lowest BCUT2D eigenvalue weighted by molar-refractivity contribution is -0.138. The Morgan fingerprint density at radius 3 is 1.61 bits per heavy atom. The zero-order valence-corrected chi connectivity index (χ0v) is 16.0. The Balaban J connectivity index is 1.83. The average molecular weight is 411 g/mol. The number of rotatable bonds is 2. The van der Waals surface area contributed by atoms with Crippen molar-refractivity contribution in [2.75, 3.05) is 25.7 Å². The molecule has 11 heteroatoms. The second kappa shape index (κ2) is 6.43. The van der Waals surface area contributed by atoms with E-state index in [1.54, 1.807) is 0 Å². The zero-order valence-electron chi connectivity index (χ0n) is 11.9. The topological polar surface area (TPSA) is 86.7 Å². The van der Waals surface area contributed by atoms with Crippen molar-refractivity contribution in [1.29, 1.82) is 0 Å². The predicted octanol–water partition coefficient (Wildman–Crippen LogP) is 2.27. The minimum atomic E-state index is -3.02. The lowest BCUT2D eigenvalue weighted by Gasteiger charge is -2.04. The molecular formula is C12H10O6S5. The summed E-state index contributed by atoms with van der Waals surface area (Å²) in [6.07, 6.45) is 0. The van der Waals surface area contributed by atoms with Gasteiger partial charge in [-0.2, -0.15) is 0 Å². The van der Waals surface area contributed by atoms with Crippen LogP contribution in [0.2, 0.25) is 0 Å². The molecule has 0 N–H and O–H groups in total. The first-order chi connectivity index (χ1) is 10.8. The number of carbonyl (C=O) groups is 2. The molecule has 0 amide bonds. The Morgan fingerprint density at radius 1 is 0.826 bits per heavy atom. The minimum Gasteiger partial charge on any atom is -0.465 e. The van der Waals surface area contributed by atoms with Gasteiger partial charge in [0.2, 0.25) is 0 Å². The molecule has 0 saturated carbocycles. The third-order valence-electron chi connectivity index (χ3n) is 2.95. The van der Waals surface area contributed by atoms with Crippen molar-refractivity contribution in [3.8, 4) is 0 Å². The van der Waals surface area contributed by atoms with E-state index in [2.05, 4.69) is 0 Å². The van der Waals surface area contributed by atoms with Crippen LogP contribution in [0.25, 0.3) is 0 Å². The highest BCUT2D eigenvalue weighted by molar-refractivity contribution is 8.35. The van der Waals surface area contributed by atoms with Crippen LogP contribution in [0.1, 0.15) is 0 Å². The average Bonchev–Trinajstić information content (AvgIpc) is 3.15. The van der Waals surface area contributed by atoms with Gasteiger partial charge in [0.1, 0.15) is 9.81 Å². The van der Waals surface area contributed by atoms with E-state index < -0.39 is 21.8 Å². The summed E-state index contributed by atoms with van der Waals surface area (Å²) in [7, 11) is -0.518. The van der Waals surface area contributed by atoms with E-state index in [4.69, 9.17) is 9.47 Å². The molecular weight excluding hydrogens is 400 g/mol. The fourth-order valence-electron chi connectivity index (χ4n) is 1.95. The minimum absolute atomic E-state index is 0.0628. The number of ether oxygens (including phenoxy) is 2. The molecule has 0 atom stereocenters. The highest BCUT2D eigenvalue weighted by Crippen LogP contribution is 2.61. The smallest absolute Gasteiger partial charge is 0.346 e. The van der Waals surface area contributed by atoms with Crippen LogP contribution < -0.4 is 0 Å². The fourth-order valence-corrected chi connectivity index (χ4v) is 10.1. The summed E-state index contributed by atoms with van der Waals surface area (Å²) in [5.41, 5.74) is 0. The number of thioether (sulfide) groups is 4. The quantitative estimate of drug-likeness (QED) is 0.632. The molecule has 3 aliphatic rings. The summed E-state index contributed by atoms with van der Waals surface area (Å²) < 4.78 is 34.3. The lowest BCUT2D eigenvalue weighted by Crippen LogP contribution is -2.08. The van der Waals surface area contributed by atoms with Crippen molar-refractivity contribution in [3.05, 3.63) is 28.1 Å². The molecule has 3 rings (SSSR count). The van der Waals surface area contributed by atoms with E-state index in [0.29, 0.717) is 0 Å². The van der Waals surface area contributed by atoms with Crippen molar-refractivity contribution in [3.63, 3.8) is 0 Å². The van der Waals surface area contributed by atoms with Gasteiger partial charge in [-0.15, -0.1) is 0 Å². The molecule has 0 aromatic rings. The fraction of sp³-hybridized carbons (Fsp3) is 0.333. The van der Waals surface area contributed by atoms with Crippen molar-refractivity contribution < 1.29 is 27.5 Å². The second-order valence-corrected chi connectivity index (χ2v) is 11.3. The van der Waals surface area contributed by atoms with Crippen LogP contribution in [0.5, 0.6) is 0 Å². The van der Waals surface area contributed by atoms with Crippen molar-refractivity contribution >= 4 is 68.8 Å². The summed E-state index contributed by atoms with van der Waals surface area (Å²) >= 11 is 5.11. The first kappa shape index (κ1) is 17.3. The number of sulfone groups is 1.